The second-order valence-corrected chi connectivity index (χ2v) is 4.92. The SMILES string of the molecule is CC=C(CCCC)CCCCCCCCC. The molecule has 0 heterocycles. The Balaban J connectivity index is 3.28. The van der Waals surface area contributed by atoms with Crippen molar-refractivity contribution < 1.29 is 0 Å². The molecule has 0 spiro atoms. The Morgan fingerprint density at radius 1 is 0.688 bits per heavy atom. The zero-order valence-corrected chi connectivity index (χ0v) is 11.9. The van der Waals surface area contributed by atoms with Crippen molar-refractivity contribution in [2.75, 3.05) is 0 Å². The normalized spacial score (nSPS) is 12.1. The van der Waals surface area contributed by atoms with Crippen LogP contribution in [0, 0.1) is 0 Å². The molecule has 0 saturated carbocycles. The van der Waals surface area contributed by atoms with E-state index in [9.17, 15) is 0 Å². The minimum absolute atomic E-state index is 1.33. The van der Waals surface area contributed by atoms with E-state index in [1.54, 1.807) is 5.57 Å². The monoisotopic (exact) mass is 224 g/mol. The molecule has 0 rings (SSSR count). The number of rotatable bonds is 11. The van der Waals surface area contributed by atoms with Crippen molar-refractivity contribution in [3.05, 3.63) is 11.6 Å². The van der Waals surface area contributed by atoms with E-state index in [0.29, 0.717) is 0 Å². The average molecular weight is 224 g/mol. The van der Waals surface area contributed by atoms with Crippen LogP contribution in [0.4, 0.5) is 0 Å². The fourth-order valence-electron chi connectivity index (χ4n) is 2.13. The smallest absolute Gasteiger partial charge is 0.0320 e. The lowest BCUT2D eigenvalue weighted by atomic mass is 10.0. The zero-order chi connectivity index (χ0) is 12.1. The summed E-state index contributed by atoms with van der Waals surface area (Å²) in [4.78, 5) is 0. The Kier molecular flexibility index (Phi) is 12.6. The summed E-state index contributed by atoms with van der Waals surface area (Å²) in [5.74, 6) is 0. The zero-order valence-electron chi connectivity index (χ0n) is 11.9. The van der Waals surface area contributed by atoms with Gasteiger partial charge in [0.05, 0.1) is 0 Å². The van der Waals surface area contributed by atoms with Gasteiger partial charge in [0.15, 0.2) is 0 Å². The van der Waals surface area contributed by atoms with Crippen molar-refractivity contribution in [1.82, 2.24) is 0 Å². The van der Waals surface area contributed by atoms with Gasteiger partial charge >= 0.3 is 0 Å². The molecule has 0 N–H and O–H groups in total. The molecular weight excluding hydrogens is 192 g/mol. The molecule has 0 fully saturated rings. The second kappa shape index (κ2) is 12.8. The first-order valence-corrected chi connectivity index (χ1v) is 7.49. The van der Waals surface area contributed by atoms with Gasteiger partial charge in [-0.15, -0.1) is 0 Å². The van der Waals surface area contributed by atoms with Crippen LogP contribution in [0.5, 0.6) is 0 Å². The van der Waals surface area contributed by atoms with Crippen molar-refractivity contribution >= 4 is 0 Å². The minimum atomic E-state index is 1.33. The highest BCUT2D eigenvalue weighted by molar-refractivity contribution is 4.99. The molecule has 96 valence electrons. The second-order valence-electron chi connectivity index (χ2n) is 4.92. The first-order chi connectivity index (χ1) is 7.85. The first-order valence-electron chi connectivity index (χ1n) is 7.49. The van der Waals surface area contributed by atoms with E-state index in [2.05, 4.69) is 26.8 Å². The summed E-state index contributed by atoms with van der Waals surface area (Å²) >= 11 is 0. The van der Waals surface area contributed by atoms with E-state index >= 15 is 0 Å². The van der Waals surface area contributed by atoms with Gasteiger partial charge in [0.1, 0.15) is 0 Å². The van der Waals surface area contributed by atoms with Crippen LogP contribution in [-0.2, 0) is 0 Å². The molecule has 0 bridgehead atoms. The van der Waals surface area contributed by atoms with E-state index < -0.39 is 0 Å². The van der Waals surface area contributed by atoms with Gasteiger partial charge in [0, 0.05) is 0 Å². The molecule has 0 nitrogen and oxygen atoms in total. The highest BCUT2D eigenvalue weighted by Gasteiger charge is 1.96. The minimum Gasteiger partial charge on any atom is -0.0885 e. The maximum absolute atomic E-state index is 2.34. The Hall–Kier alpha value is -0.260. The summed E-state index contributed by atoms with van der Waals surface area (Å²) in [5.41, 5.74) is 1.69. The highest BCUT2D eigenvalue weighted by Crippen LogP contribution is 2.16. The van der Waals surface area contributed by atoms with E-state index in [4.69, 9.17) is 0 Å². The van der Waals surface area contributed by atoms with Crippen LogP contribution in [-0.4, -0.2) is 0 Å². The maximum Gasteiger partial charge on any atom is -0.0320 e. The van der Waals surface area contributed by atoms with Gasteiger partial charge < -0.3 is 0 Å². The molecule has 0 saturated heterocycles. The number of unbranched alkanes of at least 4 members (excludes halogenated alkanes) is 7. The quantitative estimate of drug-likeness (QED) is 0.287. The van der Waals surface area contributed by atoms with Crippen LogP contribution in [0.15, 0.2) is 11.6 Å². The van der Waals surface area contributed by atoms with Crippen molar-refractivity contribution in [1.29, 1.82) is 0 Å². The average Bonchev–Trinajstić information content (AvgIpc) is 2.32. The summed E-state index contributed by atoms with van der Waals surface area (Å²) < 4.78 is 0. The molecule has 0 amide bonds. The summed E-state index contributed by atoms with van der Waals surface area (Å²) in [7, 11) is 0. The van der Waals surface area contributed by atoms with E-state index in [-0.39, 0.29) is 0 Å². The molecule has 0 atom stereocenters. The third-order valence-electron chi connectivity index (χ3n) is 3.36. The van der Waals surface area contributed by atoms with Crippen LogP contribution >= 0.6 is 0 Å². The fourth-order valence-corrected chi connectivity index (χ4v) is 2.13. The Bertz CT molecular complexity index is 155. The van der Waals surface area contributed by atoms with Gasteiger partial charge in [0.2, 0.25) is 0 Å². The molecule has 0 aromatic heterocycles. The number of hydrogen-bond donors (Lipinski definition) is 0. The van der Waals surface area contributed by atoms with Crippen molar-refractivity contribution in [2.45, 2.75) is 91.4 Å². The Labute approximate surface area is 104 Å². The lowest BCUT2D eigenvalue weighted by Gasteiger charge is -2.06. The number of allylic oxidation sites excluding steroid dienone is 2. The summed E-state index contributed by atoms with van der Waals surface area (Å²) in [5, 5.41) is 0. The fraction of sp³-hybridized carbons (Fsp3) is 0.875. The van der Waals surface area contributed by atoms with Gasteiger partial charge in [-0.1, -0.05) is 70.4 Å². The summed E-state index contributed by atoms with van der Waals surface area (Å²) in [6, 6.07) is 0. The molecule has 0 aliphatic carbocycles. The van der Waals surface area contributed by atoms with Crippen LogP contribution in [0.2, 0.25) is 0 Å². The third kappa shape index (κ3) is 10.3. The van der Waals surface area contributed by atoms with E-state index in [0.717, 1.165) is 0 Å². The van der Waals surface area contributed by atoms with Gasteiger partial charge in [-0.3, -0.25) is 0 Å². The van der Waals surface area contributed by atoms with Crippen molar-refractivity contribution in [2.24, 2.45) is 0 Å². The van der Waals surface area contributed by atoms with Crippen molar-refractivity contribution in [3.63, 3.8) is 0 Å². The molecule has 0 aliphatic rings. The molecule has 0 heteroatoms. The summed E-state index contributed by atoms with van der Waals surface area (Å²) in [6.45, 7) is 6.76. The van der Waals surface area contributed by atoms with Crippen molar-refractivity contribution in [3.8, 4) is 0 Å². The molecule has 0 aromatic rings. The standard InChI is InChI=1S/C16H32/c1-4-7-9-10-11-12-13-15-16(6-3)14-8-5-2/h6H,4-5,7-15H2,1-3H3. The van der Waals surface area contributed by atoms with Gasteiger partial charge in [-0.05, 0) is 32.6 Å². The summed E-state index contributed by atoms with van der Waals surface area (Å²) in [6.07, 6.45) is 17.7. The van der Waals surface area contributed by atoms with Gasteiger partial charge in [0.25, 0.3) is 0 Å². The molecule has 16 heavy (non-hydrogen) atoms. The largest absolute Gasteiger partial charge is 0.0885 e. The molecule has 0 unspecified atom stereocenters. The lowest BCUT2D eigenvalue weighted by Crippen LogP contribution is -1.86. The third-order valence-corrected chi connectivity index (χ3v) is 3.36. The first kappa shape index (κ1) is 15.7. The lowest BCUT2D eigenvalue weighted by molar-refractivity contribution is 0.583. The maximum atomic E-state index is 2.34. The highest BCUT2D eigenvalue weighted by atomic mass is 14.0. The van der Waals surface area contributed by atoms with Gasteiger partial charge in [-0.25, -0.2) is 0 Å². The predicted molar refractivity (Wildman–Crippen MR) is 75.9 cm³/mol. The van der Waals surface area contributed by atoms with Crippen LogP contribution in [0.1, 0.15) is 91.4 Å². The molecule has 0 aromatic carbocycles. The van der Waals surface area contributed by atoms with Crippen LogP contribution in [0.3, 0.4) is 0 Å². The molecule has 0 radical (unpaired) electrons. The molecule has 0 aliphatic heterocycles. The van der Waals surface area contributed by atoms with Gasteiger partial charge in [-0.2, -0.15) is 0 Å². The Morgan fingerprint density at radius 2 is 1.19 bits per heavy atom. The number of hydrogen-bond acceptors (Lipinski definition) is 0. The Morgan fingerprint density at radius 3 is 1.75 bits per heavy atom. The molecular formula is C16H32. The predicted octanol–water partition coefficient (Wildman–Crippen LogP) is 6.26. The van der Waals surface area contributed by atoms with Crippen LogP contribution in [0.25, 0.3) is 0 Å². The topological polar surface area (TPSA) is 0 Å². The van der Waals surface area contributed by atoms with Crippen LogP contribution < -0.4 is 0 Å². The van der Waals surface area contributed by atoms with E-state index in [1.165, 1.54) is 70.6 Å². The van der Waals surface area contributed by atoms with E-state index in [1.807, 2.05) is 0 Å².